The third-order valence-electron chi connectivity index (χ3n) is 6.02. The number of piperazine rings is 1. The fourth-order valence-electron chi connectivity index (χ4n) is 4.10. The van der Waals surface area contributed by atoms with Crippen molar-refractivity contribution in [1.29, 1.82) is 0 Å². The molecule has 0 radical (unpaired) electrons. The fourth-order valence-corrected chi connectivity index (χ4v) is 4.10. The molecule has 160 valence electrons. The van der Waals surface area contributed by atoms with E-state index in [1.807, 2.05) is 19.1 Å². The van der Waals surface area contributed by atoms with Crippen molar-refractivity contribution in [3.63, 3.8) is 0 Å². The molecule has 1 aliphatic rings. The molecule has 2 aromatic carbocycles. The summed E-state index contributed by atoms with van der Waals surface area (Å²) in [6.45, 7) is 10.5. The predicted molar refractivity (Wildman–Crippen MR) is 117 cm³/mol. The number of amides is 1. The molecule has 0 saturated carbocycles. The van der Waals surface area contributed by atoms with Crippen LogP contribution in [0.5, 0.6) is 5.75 Å². The molecule has 6 nitrogen and oxygen atoms in total. The topological polar surface area (TPSA) is 64.3 Å². The Balaban J connectivity index is 1.54. The third kappa shape index (κ3) is 5.46. The van der Waals surface area contributed by atoms with Crippen LogP contribution >= 0.6 is 0 Å². The van der Waals surface area contributed by atoms with E-state index < -0.39 is 0 Å². The number of hydrogen-bond donors (Lipinski definition) is 3. The summed E-state index contributed by atoms with van der Waals surface area (Å²) in [6, 6.07) is 13.3. The van der Waals surface area contributed by atoms with E-state index in [-0.39, 0.29) is 17.7 Å². The summed E-state index contributed by atoms with van der Waals surface area (Å²) in [5, 5.41) is 2.97. The molecule has 1 amide bonds. The van der Waals surface area contributed by atoms with Crippen molar-refractivity contribution in [2.45, 2.75) is 33.4 Å². The molecule has 1 aliphatic heterocycles. The van der Waals surface area contributed by atoms with E-state index in [1.165, 1.54) is 27.9 Å². The Kier molecular flexibility index (Phi) is 7.24. The van der Waals surface area contributed by atoms with Gasteiger partial charge in [-0.3, -0.25) is 9.59 Å². The summed E-state index contributed by atoms with van der Waals surface area (Å²) in [5.41, 5.74) is 3.77. The van der Waals surface area contributed by atoms with Crippen LogP contribution in [0.1, 0.15) is 35.3 Å². The zero-order chi connectivity index (χ0) is 21.7. The van der Waals surface area contributed by atoms with Crippen molar-refractivity contribution in [3.05, 3.63) is 59.2 Å². The maximum absolute atomic E-state index is 12.7. The molecule has 0 bridgehead atoms. The van der Waals surface area contributed by atoms with Crippen LogP contribution in [-0.4, -0.2) is 51.0 Å². The number of aryl methyl sites for hydroxylation is 1. The Labute approximate surface area is 178 Å². The van der Waals surface area contributed by atoms with Crippen LogP contribution in [0.3, 0.4) is 0 Å². The smallest absolute Gasteiger partial charge is 0.282 e. The van der Waals surface area contributed by atoms with E-state index in [2.05, 4.69) is 24.4 Å². The number of ether oxygens (including phenoxy) is 1. The Morgan fingerprint density at radius 3 is 2.50 bits per heavy atom. The molecule has 0 aliphatic carbocycles. The highest BCUT2D eigenvalue weighted by atomic mass is 16.5. The average Bonchev–Trinajstić information content (AvgIpc) is 2.74. The lowest BCUT2D eigenvalue weighted by atomic mass is 10.1. The second-order valence-electron chi connectivity index (χ2n) is 8.25. The van der Waals surface area contributed by atoms with Gasteiger partial charge in [-0.25, -0.2) is 0 Å². The maximum Gasteiger partial charge on any atom is 0.282 e. The van der Waals surface area contributed by atoms with Crippen LogP contribution in [-0.2, 0) is 11.3 Å². The minimum Gasteiger partial charge on any atom is -0.496 e. The quantitative estimate of drug-likeness (QED) is 0.582. The monoisotopic (exact) mass is 411 g/mol. The fraction of sp³-hybridized carbons (Fsp3) is 0.417. The van der Waals surface area contributed by atoms with E-state index in [0.29, 0.717) is 11.3 Å². The summed E-state index contributed by atoms with van der Waals surface area (Å²) in [7, 11) is 1.72. The maximum atomic E-state index is 12.7. The molecule has 3 rings (SSSR count). The summed E-state index contributed by atoms with van der Waals surface area (Å²) < 4.78 is 5.52. The molecule has 6 heteroatoms. The van der Waals surface area contributed by atoms with Gasteiger partial charge in [0.05, 0.1) is 7.11 Å². The van der Waals surface area contributed by atoms with Crippen molar-refractivity contribution in [1.82, 2.24) is 0 Å². The molecule has 2 aromatic rings. The number of benzene rings is 2. The Hall–Kier alpha value is -2.70. The predicted octanol–water partition coefficient (Wildman–Crippen LogP) is 0.517. The van der Waals surface area contributed by atoms with Crippen molar-refractivity contribution in [3.8, 4) is 5.75 Å². The van der Waals surface area contributed by atoms with Crippen LogP contribution in [0, 0.1) is 6.92 Å². The number of carbonyl (C=O) groups is 2. The van der Waals surface area contributed by atoms with Gasteiger partial charge in [-0.15, -0.1) is 0 Å². The molecule has 30 heavy (non-hydrogen) atoms. The van der Waals surface area contributed by atoms with Crippen LogP contribution in [0.4, 0.5) is 5.69 Å². The summed E-state index contributed by atoms with van der Waals surface area (Å²) in [4.78, 5) is 27.1. The van der Waals surface area contributed by atoms with E-state index >= 15 is 0 Å². The first kappa shape index (κ1) is 22.0. The van der Waals surface area contributed by atoms with E-state index in [1.54, 1.807) is 25.3 Å². The number of hydrogen-bond acceptors (Lipinski definition) is 3. The minimum absolute atomic E-state index is 0.00509. The normalized spacial score (nSPS) is 19.7. The Bertz CT molecular complexity index is 904. The lowest BCUT2D eigenvalue weighted by molar-refractivity contribution is -1.02. The van der Waals surface area contributed by atoms with Gasteiger partial charge in [0.15, 0.2) is 11.8 Å². The lowest BCUT2D eigenvalue weighted by Crippen LogP contribution is -3.29. The first-order valence-electron chi connectivity index (χ1n) is 10.6. The zero-order valence-corrected chi connectivity index (χ0v) is 18.4. The van der Waals surface area contributed by atoms with Crippen molar-refractivity contribution < 1.29 is 24.1 Å². The van der Waals surface area contributed by atoms with Crippen LogP contribution in [0.15, 0.2) is 42.5 Å². The second-order valence-corrected chi connectivity index (χ2v) is 8.25. The van der Waals surface area contributed by atoms with Gasteiger partial charge < -0.3 is 19.9 Å². The number of anilines is 1. The molecule has 1 heterocycles. The standard InChI is InChI=1S/C24H31N3O3/c1-17-8-9-23(30-4)21(14-17)16-26-10-12-27(13-11-26)18(2)24(29)25-22-7-5-6-20(15-22)19(3)28/h5-9,14-15,18H,10-13,16H2,1-4H3,(H,25,29)/p+2/t18-/m0/s1. The highest BCUT2D eigenvalue weighted by molar-refractivity contribution is 5.97. The lowest BCUT2D eigenvalue weighted by Gasteiger charge is -2.32. The summed E-state index contributed by atoms with van der Waals surface area (Å²) in [5.74, 6) is 0.937. The Morgan fingerprint density at radius 1 is 1.10 bits per heavy atom. The molecule has 0 aromatic heterocycles. The van der Waals surface area contributed by atoms with Crippen molar-refractivity contribution in [2.75, 3.05) is 38.6 Å². The number of carbonyl (C=O) groups excluding carboxylic acids is 2. The van der Waals surface area contributed by atoms with Crippen LogP contribution in [0.2, 0.25) is 0 Å². The number of ketones is 1. The van der Waals surface area contributed by atoms with Gasteiger partial charge >= 0.3 is 0 Å². The second kappa shape index (κ2) is 9.87. The summed E-state index contributed by atoms with van der Waals surface area (Å²) in [6.07, 6.45) is 0. The van der Waals surface area contributed by atoms with Gasteiger partial charge in [-0.05, 0) is 45.0 Å². The third-order valence-corrected chi connectivity index (χ3v) is 6.02. The Morgan fingerprint density at radius 2 is 1.83 bits per heavy atom. The number of methoxy groups -OCH3 is 1. The molecule has 1 atom stereocenters. The van der Waals surface area contributed by atoms with Gasteiger partial charge in [0.2, 0.25) is 0 Å². The molecule has 1 fully saturated rings. The molecular weight excluding hydrogens is 378 g/mol. The van der Waals surface area contributed by atoms with Crippen LogP contribution in [0.25, 0.3) is 0 Å². The molecule has 0 spiro atoms. The van der Waals surface area contributed by atoms with Gasteiger partial charge in [0.25, 0.3) is 5.91 Å². The minimum atomic E-state index is -0.138. The van der Waals surface area contributed by atoms with Crippen molar-refractivity contribution in [2.24, 2.45) is 0 Å². The van der Waals surface area contributed by atoms with Gasteiger partial charge in [0, 0.05) is 16.8 Å². The van der Waals surface area contributed by atoms with E-state index in [0.717, 1.165) is 38.5 Å². The number of quaternary nitrogens is 2. The van der Waals surface area contributed by atoms with Crippen LogP contribution < -0.4 is 19.9 Å². The SMILES string of the molecule is COc1ccc(C)cc1C[NH+]1CC[NH+]([C@@H](C)C(=O)Nc2cccc(C(C)=O)c2)CC1. The number of rotatable bonds is 7. The van der Waals surface area contributed by atoms with Crippen molar-refractivity contribution >= 4 is 17.4 Å². The molecule has 3 N–H and O–H groups in total. The molecular formula is C24H33N3O3+2. The number of nitrogens with one attached hydrogen (secondary N) is 3. The zero-order valence-electron chi connectivity index (χ0n) is 18.4. The largest absolute Gasteiger partial charge is 0.496 e. The highest BCUT2D eigenvalue weighted by Gasteiger charge is 2.31. The van der Waals surface area contributed by atoms with Gasteiger partial charge in [-0.2, -0.15) is 0 Å². The van der Waals surface area contributed by atoms with E-state index in [4.69, 9.17) is 4.74 Å². The molecule has 0 unspecified atom stereocenters. The number of Topliss-reactive ketones (excluding diaryl/α,β-unsaturated/α-hetero) is 1. The first-order chi connectivity index (χ1) is 14.4. The van der Waals surface area contributed by atoms with Gasteiger partial charge in [-0.1, -0.05) is 23.8 Å². The average molecular weight is 412 g/mol. The summed E-state index contributed by atoms with van der Waals surface area (Å²) >= 11 is 0. The van der Waals surface area contributed by atoms with Gasteiger partial charge in [0.1, 0.15) is 38.5 Å². The molecule has 1 saturated heterocycles. The van der Waals surface area contributed by atoms with E-state index in [9.17, 15) is 9.59 Å². The first-order valence-corrected chi connectivity index (χ1v) is 10.6. The highest BCUT2D eigenvalue weighted by Crippen LogP contribution is 2.18.